The Morgan fingerprint density at radius 1 is 1.61 bits per heavy atom. The summed E-state index contributed by atoms with van der Waals surface area (Å²) in [7, 11) is 0. The minimum atomic E-state index is -0.638. The fraction of sp³-hybridized carbons (Fsp3) is 0.417. The molecule has 6 heteroatoms. The first-order valence-corrected chi connectivity index (χ1v) is 6.47. The molecule has 92 valence electrons. The van der Waals surface area contributed by atoms with E-state index in [-0.39, 0.29) is 0 Å². The monoisotopic (exact) mass is 305 g/mol. The quantitative estimate of drug-likeness (QED) is 0.401. The van der Waals surface area contributed by atoms with Crippen molar-refractivity contribution >= 4 is 15.9 Å². The summed E-state index contributed by atoms with van der Waals surface area (Å²) in [6.45, 7) is 0.860. The summed E-state index contributed by atoms with van der Waals surface area (Å²) >= 11 is 3.44. The second kappa shape index (κ2) is 5.40. The fourth-order valence-electron chi connectivity index (χ4n) is 2.35. The van der Waals surface area contributed by atoms with E-state index in [9.17, 15) is 5.26 Å². The summed E-state index contributed by atoms with van der Waals surface area (Å²) in [6.07, 6.45) is 1.64. The molecule has 0 amide bonds. The Labute approximate surface area is 114 Å². The van der Waals surface area contributed by atoms with Gasteiger partial charge in [-0.05, 0) is 41.6 Å². The fourth-order valence-corrected chi connectivity index (χ4v) is 2.75. The highest BCUT2D eigenvalue weighted by Crippen LogP contribution is 2.37. The molecule has 0 fully saturated rings. The molecule has 1 unspecified atom stereocenters. The van der Waals surface area contributed by atoms with Crippen LogP contribution in [-0.4, -0.2) is 13.1 Å². The van der Waals surface area contributed by atoms with Crippen LogP contribution < -0.4 is 5.32 Å². The van der Waals surface area contributed by atoms with Crippen molar-refractivity contribution in [3.63, 3.8) is 0 Å². The van der Waals surface area contributed by atoms with E-state index >= 15 is 0 Å². The number of rotatable bonds is 4. The van der Waals surface area contributed by atoms with Crippen molar-refractivity contribution in [3.05, 3.63) is 44.2 Å². The molecule has 0 saturated carbocycles. The Morgan fingerprint density at radius 3 is 3.17 bits per heavy atom. The van der Waals surface area contributed by atoms with Gasteiger partial charge in [-0.2, -0.15) is 5.26 Å². The molecule has 1 aromatic rings. The van der Waals surface area contributed by atoms with Crippen LogP contribution in [0.1, 0.15) is 17.5 Å². The third-order valence-corrected chi connectivity index (χ3v) is 3.68. The zero-order chi connectivity index (χ0) is 13.0. The summed E-state index contributed by atoms with van der Waals surface area (Å²) in [4.78, 5) is 2.70. The molecule has 1 aliphatic carbocycles. The van der Waals surface area contributed by atoms with E-state index < -0.39 is 5.54 Å². The Kier molecular flexibility index (Phi) is 3.87. The van der Waals surface area contributed by atoms with Crippen molar-refractivity contribution < 1.29 is 0 Å². The largest absolute Gasteiger partial charge is 0.296 e. The standard InChI is InChI=1S/C12H12BrN5/c13-10-1-2-11-9(7-10)3-4-12(11,8-14)16-5-6-17-18-15/h1-2,7,16H,3-6H2. The third-order valence-electron chi connectivity index (χ3n) is 3.19. The van der Waals surface area contributed by atoms with Crippen LogP contribution in [0.25, 0.3) is 10.4 Å². The molecular formula is C12H12BrN5. The van der Waals surface area contributed by atoms with Gasteiger partial charge in [0.25, 0.3) is 0 Å². The first-order chi connectivity index (χ1) is 8.72. The SMILES string of the molecule is N#CC1(NCCN=[N+]=[N-])CCc2cc(Br)ccc21. The molecule has 0 saturated heterocycles. The minimum Gasteiger partial charge on any atom is -0.296 e. The molecule has 5 nitrogen and oxygen atoms in total. The predicted octanol–water partition coefficient (Wildman–Crippen LogP) is 3.01. The van der Waals surface area contributed by atoms with Gasteiger partial charge in [-0.15, -0.1) is 0 Å². The van der Waals surface area contributed by atoms with Gasteiger partial charge in [0, 0.05) is 22.5 Å². The lowest BCUT2D eigenvalue weighted by Gasteiger charge is -2.23. The van der Waals surface area contributed by atoms with Crippen LogP contribution in [0.2, 0.25) is 0 Å². The number of nitrogens with one attached hydrogen (secondary N) is 1. The van der Waals surface area contributed by atoms with E-state index in [1.54, 1.807) is 0 Å². The highest BCUT2D eigenvalue weighted by molar-refractivity contribution is 9.10. The maximum atomic E-state index is 9.46. The van der Waals surface area contributed by atoms with Crippen LogP contribution in [-0.2, 0) is 12.0 Å². The number of azide groups is 1. The number of nitriles is 1. The van der Waals surface area contributed by atoms with Crippen LogP contribution in [0, 0.1) is 11.3 Å². The molecule has 1 N–H and O–H groups in total. The zero-order valence-corrected chi connectivity index (χ0v) is 11.3. The smallest absolute Gasteiger partial charge is 0.132 e. The normalized spacial score (nSPS) is 20.9. The molecular weight excluding hydrogens is 294 g/mol. The Bertz CT molecular complexity index is 544. The maximum absolute atomic E-state index is 9.46. The minimum absolute atomic E-state index is 0.353. The highest BCUT2D eigenvalue weighted by Gasteiger charge is 2.38. The summed E-state index contributed by atoms with van der Waals surface area (Å²) in [6, 6.07) is 8.36. The van der Waals surface area contributed by atoms with E-state index in [0.717, 1.165) is 22.9 Å². The van der Waals surface area contributed by atoms with Gasteiger partial charge in [0.15, 0.2) is 0 Å². The van der Waals surface area contributed by atoms with Gasteiger partial charge in [0.05, 0.1) is 6.07 Å². The molecule has 0 aromatic heterocycles. The number of fused-ring (bicyclic) bond motifs is 1. The second-order valence-electron chi connectivity index (χ2n) is 4.20. The average Bonchev–Trinajstić information content (AvgIpc) is 2.73. The number of aryl methyl sites for hydroxylation is 1. The molecule has 1 aromatic carbocycles. The van der Waals surface area contributed by atoms with Crippen molar-refractivity contribution in [2.24, 2.45) is 5.11 Å². The number of nitrogens with zero attached hydrogens (tertiary/aromatic N) is 4. The van der Waals surface area contributed by atoms with E-state index in [1.807, 2.05) is 12.1 Å². The second-order valence-corrected chi connectivity index (χ2v) is 5.12. The van der Waals surface area contributed by atoms with Gasteiger partial charge in [-0.1, -0.05) is 27.1 Å². The van der Waals surface area contributed by atoms with E-state index in [0.29, 0.717) is 13.1 Å². The Hall–Kier alpha value is -1.54. The molecule has 0 heterocycles. The lowest BCUT2D eigenvalue weighted by atomic mass is 9.93. The van der Waals surface area contributed by atoms with Gasteiger partial charge in [0.2, 0.25) is 0 Å². The molecule has 0 aliphatic heterocycles. The number of hydrogen-bond acceptors (Lipinski definition) is 3. The highest BCUT2D eigenvalue weighted by atomic mass is 79.9. The third kappa shape index (κ3) is 2.34. The number of benzene rings is 1. The van der Waals surface area contributed by atoms with Gasteiger partial charge in [-0.3, -0.25) is 5.32 Å². The van der Waals surface area contributed by atoms with Gasteiger partial charge < -0.3 is 0 Å². The van der Waals surface area contributed by atoms with Crippen molar-refractivity contribution in [1.29, 1.82) is 5.26 Å². The number of hydrogen-bond donors (Lipinski definition) is 1. The molecule has 1 atom stereocenters. The van der Waals surface area contributed by atoms with Crippen molar-refractivity contribution in [2.75, 3.05) is 13.1 Å². The topological polar surface area (TPSA) is 84.6 Å². The summed E-state index contributed by atoms with van der Waals surface area (Å²) in [5, 5.41) is 16.1. The van der Waals surface area contributed by atoms with Crippen molar-refractivity contribution in [3.8, 4) is 6.07 Å². The molecule has 18 heavy (non-hydrogen) atoms. The van der Waals surface area contributed by atoms with Crippen LogP contribution in [0.3, 0.4) is 0 Å². The maximum Gasteiger partial charge on any atom is 0.132 e. The van der Waals surface area contributed by atoms with Crippen LogP contribution in [0.15, 0.2) is 27.8 Å². The zero-order valence-electron chi connectivity index (χ0n) is 9.73. The predicted molar refractivity (Wildman–Crippen MR) is 71.8 cm³/mol. The summed E-state index contributed by atoms with van der Waals surface area (Å²) in [5.74, 6) is 0. The van der Waals surface area contributed by atoms with Crippen LogP contribution in [0.4, 0.5) is 0 Å². The average molecular weight is 306 g/mol. The van der Waals surface area contributed by atoms with Gasteiger partial charge in [-0.25, -0.2) is 0 Å². The van der Waals surface area contributed by atoms with E-state index in [2.05, 4.69) is 43.4 Å². The lowest BCUT2D eigenvalue weighted by Crippen LogP contribution is -2.40. The van der Waals surface area contributed by atoms with Gasteiger partial charge in [0.1, 0.15) is 5.54 Å². The first-order valence-electron chi connectivity index (χ1n) is 5.68. The van der Waals surface area contributed by atoms with E-state index in [4.69, 9.17) is 5.53 Å². The molecule has 0 radical (unpaired) electrons. The molecule has 0 spiro atoms. The van der Waals surface area contributed by atoms with E-state index in [1.165, 1.54) is 5.56 Å². The summed E-state index contributed by atoms with van der Waals surface area (Å²) in [5.41, 5.74) is 9.82. The Morgan fingerprint density at radius 2 is 2.44 bits per heavy atom. The first kappa shape index (κ1) is 12.9. The van der Waals surface area contributed by atoms with Crippen molar-refractivity contribution in [2.45, 2.75) is 18.4 Å². The van der Waals surface area contributed by atoms with Gasteiger partial charge >= 0.3 is 0 Å². The number of halogens is 1. The van der Waals surface area contributed by atoms with Crippen LogP contribution in [0.5, 0.6) is 0 Å². The lowest BCUT2D eigenvalue weighted by molar-refractivity contribution is 0.431. The molecule has 1 aliphatic rings. The Balaban J connectivity index is 2.21. The van der Waals surface area contributed by atoms with Crippen molar-refractivity contribution in [1.82, 2.24) is 5.32 Å². The summed E-state index contributed by atoms with van der Waals surface area (Å²) < 4.78 is 1.03. The van der Waals surface area contributed by atoms with Crippen LogP contribution >= 0.6 is 15.9 Å². The molecule has 2 rings (SSSR count). The molecule has 0 bridgehead atoms.